The van der Waals surface area contributed by atoms with Crippen LogP contribution in [0.25, 0.3) is 0 Å². The lowest BCUT2D eigenvalue weighted by Gasteiger charge is -2.19. The molecule has 104 valence electrons. The molecule has 2 aromatic carbocycles. The Morgan fingerprint density at radius 2 is 1.60 bits per heavy atom. The molecule has 0 saturated carbocycles. The number of phenolic OH excluding ortho intramolecular Hbond substituents is 1. The van der Waals surface area contributed by atoms with Gasteiger partial charge in [-0.2, -0.15) is 0 Å². The molecule has 1 atom stereocenters. The van der Waals surface area contributed by atoms with Crippen molar-refractivity contribution >= 4 is 6.29 Å². The second-order valence-electron chi connectivity index (χ2n) is 4.69. The van der Waals surface area contributed by atoms with Gasteiger partial charge in [0.2, 0.25) is 0 Å². The van der Waals surface area contributed by atoms with Crippen LogP contribution in [0.3, 0.4) is 0 Å². The number of phenols is 1. The molecule has 2 aromatic rings. The Morgan fingerprint density at radius 3 is 2.10 bits per heavy atom. The summed E-state index contributed by atoms with van der Waals surface area (Å²) in [6.45, 7) is 2.41. The normalized spacial score (nSPS) is 12.1. The van der Waals surface area contributed by atoms with Crippen LogP contribution in [0, 0.1) is 0 Å². The average molecular weight is 269 g/mol. The largest absolute Gasteiger partial charge is 0.508 e. The minimum absolute atomic E-state index is 0.0493. The molecule has 20 heavy (non-hydrogen) atoms. The number of hydrogen-bond acceptors (Lipinski definition) is 3. The lowest BCUT2D eigenvalue weighted by Crippen LogP contribution is -2.24. The molecule has 0 fully saturated rings. The SMILES string of the molecule is CCc1ccc(C(NCC=O)c2ccc(O)cc2)cc1. The van der Waals surface area contributed by atoms with Gasteiger partial charge in [0, 0.05) is 0 Å². The molecule has 3 nitrogen and oxygen atoms in total. The van der Waals surface area contributed by atoms with Crippen molar-refractivity contribution in [3.05, 3.63) is 65.2 Å². The van der Waals surface area contributed by atoms with Crippen LogP contribution in [0.1, 0.15) is 29.7 Å². The van der Waals surface area contributed by atoms with E-state index in [0.29, 0.717) is 6.54 Å². The Bertz CT molecular complexity index is 546. The molecule has 0 heterocycles. The van der Waals surface area contributed by atoms with Crippen molar-refractivity contribution in [3.8, 4) is 5.75 Å². The van der Waals surface area contributed by atoms with E-state index < -0.39 is 0 Å². The fourth-order valence-electron chi connectivity index (χ4n) is 2.21. The first-order valence-corrected chi connectivity index (χ1v) is 6.79. The van der Waals surface area contributed by atoms with Gasteiger partial charge in [-0.15, -0.1) is 0 Å². The van der Waals surface area contributed by atoms with Gasteiger partial charge in [-0.1, -0.05) is 43.3 Å². The maximum absolute atomic E-state index is 10.6. The Balaban J connectivity index is 2.30. The minimum atomic E-state index is -0.0493. The van der Waals surface area contributed by atoms with E-state index in [0.717, 1.165) is 23.8 Å². The number of aryl methyl sites for hydroxylation is 1. The summed E-state index contributed by atoms with van der Waals surface area (Å²) in [7, 11) is 0. The fraction of sp³-hybridized carbons (Fsp3) is 0.235. The molecule has 0 bridgehead atoms. The van der Waals surface area contributed by atoms with Crippen molar-refractivity contribution in [2.24, 2.45) is 0 Å². The van der Waals surface area contributed by atoms with Crippen LogP contribution in [-0.2, 0) is 11.2 Å². The van der Waals surface area contributed by atoms with Crippen molar-refractivity contribution in [1.82, 2.24) is 5.32 Å². The van der Waals surface area contributed by atoms with Gasteiger partial charge in [0.1, 0.15) is 12.0 Å². The fourth-order valence-corrected chi connectivity index (χ4v) is 2.21. The van der Waals surface area contributed by atoms with Gasteiger partial charge < -0.3 is 9.90 Å². The van der Waals surface area contributed by atoms with Gasteiger partial charge in [0.15, 0.2) is 0 Å². The van der Waals surface area contributed by atoms with Crippen molar-refractivity contribution in [2.45, 2.75) is 19.4 Å². The zero-order chi connectivity index (χ0) is 14.4. The highest BCUT2D eigenvalue weighted by Crippen LogP contribution is 2.24. The van der Waals surface area contributed by atoms with Crippen LogP contribution < -0.4 is 5.32 Å². The van der Waals surface area contributed by atoms with Crippen LogP contribution in [0.4, 0.5) is 0 Å². The molecular formula is C17H19NO2. The van der Waals surface area contributed by atoms with Crippen molar-refractivity contribution in [3.63, 3.8) is 0 Å². The number of aldehydes is 1. The van der Waals surface area contributed by atoms with E-state index in [1.54, 1.807) is 12.1 Å². The van der Waals surface area contributed by atoms with Crippen LogP contribution in [-0.4, -0.2) is 17.9 Å². The molecule has 0 aliphatic rings. The van der Waals surface area contributed by atoms with Gasteiger partial charge in [0.05, 0.1) is 12.6 Å². The number of carbonyl (C=O) groups is 1. The van der Waals surface area contributed by atoms with Gasteiger partial charge in [0.25, 0.3) is 0 Å². The molecule has 0 radical (unpaired) electrons. The summed E-state index contributed by atoms with van der Waals surface area (Å²) < 4.78 is 0. The molecule has 2 rings (SSSR count). The molecule has 2 N–H and O–H groups in total. The van der Waals surface area contributed by atoms with Crippen molar-refractivity contribution in [1.29, 1.82) is 0 Å². The molecule has 3 heteroatoms. The Morgan fingerprint density at radius 1 is 1.05 bits per heavy atom. The summed E-state index contributed by atoms with van der Waals surface area (Å²) in [5.74, 6) is 0.240. The van der Waals surface area contributed by atoms with Gasteiger partial charge >= 0.3 is 0 Å². The van der Waals surface area contributed by atoms with E-state index >= 15 is 0 Å². The van der Waals surface area contributed by atoms with Crippen molar-refractivity contribution < 1.29 is 9.90 Å². The highest BCUT2D eigenvalue weighted by atomic mass is 16.3. The first-order valence-electron chi connectivity index (χ1n) is 6.79. The minimum Gasteiger partial charge on any atom is -0.508 e. The number of aromatic hydroxyl groups is 1. The van der Waals surface area contributed by atoms with Crippen LogP contribution >= 0.6 is 0 Å². The maximum atomic E-state index is 10.6. The molecule has 1 unspecified atom stereocenters. The topological polar surface area (TPSA) is 49.3 Å². The average Bonchev–Trinajstić information content (AvgIpc) is 2.50. The van der Waals surface area contributed by atoms with Gasteiger partial charge in [-0.05, 0) is 35.2 Å². The third kappa shape index (κ3) is 3.45. The summed E-state index contributed by atoms with van der Waals surface area (Å²) >= 11 is 0. The number of carbonyl (C=O) groups excluding carboxylic acids is 1. The smallest absolute Gasteiger partial charge is 0.133 e. The molecular weight excluding hydrogens is 250 g/mol. The molecule has 0 amide bonds. The highest BCUT2D eigenvalue weighted by Gasteiger charge is 2.13. The Kier molecular flexibility index (Phi) is 4.91. The van der Waals surface area contributed by atoms with Crippen molar-refractivity contribution in [2.75, 3.05) is 6.54 Å². The molecule has 0 aromatic heterocycles. The van der Waals surface area contributed by atoms with Crippen LogP contribution in [0.5, 0.6) is 5.75 Å². The summed E-state index contributed by atoms with van der Waals surface area (Å²) in [6.07, 6.45) is 1.86. The zero-order valence-electron chi connectivity index (χ0n) is 11.5. The first kappa shape index (κ1) is 14.3. The lowest BCUT2D eigenvalue weighted by atomic mass is 9.97. The molecule has 0 saturated heterocycles. The van der Waals surface area contributed by atoms with E-state index in [4.69, 9.17) is 0 Å². The van der Waals surface area contributed by atoms with Gasteiger partial charge in [-0.25, -0.2) is 0 Å². The van der Waals surface area contributed by atoms with E-state index in [1.165, 1.54) is 5.56 Å². The Labute approximate surface area is 119 Å². The van der Waals surface area contributed by atoms with E-state index in [9.17, 15) is 9.90 Å². The van der Waals surface area contributed by atoms with Crippen LogP contribution in [0.2, 0.25) is 0 Å². The first-order chi connectivity index (χ1) is 9.74. The molecule has 0 spiro atoms. The van der Waals surface area contributed by atoms with Crippen LogP contribution in [0.15, 0.2) is 48.5 Å². The quantitative estimate of drug-likeness (QED) is 0.793. The number of hydrogen-bond donors (Lipinski definition) is 2. The third-order valence-electron chi connectivity index (χ3n) is 3.35. The lowest BCUT2D eigenvalue weighted by molar-refractivity contribution is -0.107. The monoisotopic (exact) mass is 269 g/mol. The predicted molar refractivity (Wildman–Crippen MR) is 79.8 cm³/mol. The predicted octanol–water partition coefficient (Wildman–Crippen LogP) is 2.83. The van der Waals surface area contributed by atoms with E-state index in [-0.39, 0.29) is 11.8 Å². The molecule has 0 aliphatic heterocycles. The maximum Gasteiger partial charge on any atom is 0.133 e. The second kappa shape index (κ2) is 6.87. The standard InChI is InChI=1S/C17H19NO2/c1-2-13-3-5-14(6-4-13)17(18-11-12-19)15-7-9-16(20)10-8-15/h3-10,12,17-18,20H,2,11H2,1H3. The highest BCUT2D eigenvalue weighted by molar-refractivity contribution is 5.52. The zero-order valence-corrected chi connectivity index (χ0v) is 11.5. The summed E-state index contributed by atoms with van der Waals surface area (Å²) in [5, 5.41) is 12.6. The summed E-state index contributed by atoms with van der Waals surface area (Å²) in [5.41, 5.74) is 3.41. The van der Waals surface area contributed by atoms with E-state index in [1.807, 2.05) is 12.1 Å². The van der Waals surface area contributed by atoms with E-state index in [2.05, 4.69) is 36.5 Å². The summed E-state index contributed by atoms with van der Waals surface area (Å²) in [6, 6.07) is 15.4. The number of rotatable bonds is 6. The number of nitrogens with one attached hydrogen (secondary N) is 1. The van der Waals surface area contributed by atoms with Gasteiger partial charge in [-0.3, -0.25) is 5.32 Å². The third-order valence-corrected chi connectivity index (χ3v) is 3.35. The summed E-state index contributed by atoms with van der Waals surface area (Å²) in [4.78, 5) is 10.6. The molecule has 0 aliphatic carbocycles. The number of benzene rings is 2. The second-order valence-corrected chi connectivity index (χ2v) is 4.69. The Hall–Kier alpha value is -2.13.